The molecular formula is C39H48O15Se. The minimum atomic E-state index is -2.80. The Labute approximate surface area is 324 Å². The topological polar surface area (TPSA) is 209 Å². The van der Waals surface area contributed by atoms with Crippen LogP contribution in [0, 0.1) is 34.0 Å². The van der Waals surface area contributed by atoms with Gasteiger partial charge in [-0.2, -0.15) is 0 Å². The number of esters is 3. The molecular weight excluding hydrogens is 787 g/mol. The number of hydrogen-bond donors (Lipinski definition) is 4. The zero-order chi connectivity index (χ0) is 39.3. The molecule has 0 radical (unpaired) electrons. The molecule has 17 atom stereocenters. The summed E-state index contributed by atoms with van der Waals surface area (Å²) in [7, 11) is 2.27. The Bertz CT molecular complexity index is 1850. The van der Waals surface area contributed by atoms with Crippen molar-refractivity contribution in [1.82, 2.24) is 0 Å². The summed E-state index contributed by atoms with van der Waals surface area (Å²) in [5.41, 5.74) is -9.22. The summed E-state index contributed by atoms with van der Waals surface area (Å²) in [6.07, 6.45) is -5.68. The van der Waals surface area contributed by atoms with Gasteiger partial charge in [-0.05, 0) is 13.8 Å². The summed E-state index contributed by atoms with van der Waals surface area (Å²) >= 11 is -0.139. The van der Waals surface area contributed by atoms with Crippen LogP contribution < -0.4 is 4.46 Å². The van der Waals surface area contributed by atoms with Gasteiger partial charge in [0.1, 0.15) is 0 Å². The van der Waals surface area contributed by atoms with Gasteiger partial charge in [-0.1, -0.05) is 6.08 Å². The van der Waals surface area contributed by atoms with E-state index in [1.54, 1.807) is 26.8 Å². The third-order valence-corrected chi connectivity index (χ3v) is 17.4. The predicted molar refractivity (Wildman–Crippen MR) is 186 cm³/mol. The molecule has 5 saturated heterocycles. The maximum atomic E-state index is 14.0. The summed E-state index contributed by atoms with van der Waals surface area (Å²) in [4.78, 5) is 41.6. The van der Waals surface area contributed by atoms with Gasteiger partial charge in [-0.25, -0.2) is 4.79 Å². The molecule has 300 valence electrons. The Morgan fingerprint density at radius 3 is 2.36 bits per heavy atom. The summed E-state index contributed by atoms with van der Waals surface area (Å²) in [5, 5.41) is 49.9. The van der Waals surface area contributed by atoms with Crippen molar-refractivity contribution in [1.29, 1.82) is 0 Å². The van der Waals surface area contributed by atoms with E-state index in [9.17, 15) is 34.8 Å². The number of aliphatic hydroxyl groups is 4. The molecule has 1 aromatic carbocycles. The van der Waals surface area contributed by atoms with Gasteiger partial charge in [0.2, 0.25) is 0 Å². The van der Waals surface area contributed by atoms with Crippen LogP contribution in [0.2, 0.25) is 0 Å². The molecule has 15 nitrogen and oxygen atoms in total. The van der Waals surface area contributed by atoms with Gasteiger partial charge in [0.25, 0.3) is 0 Å². The number of carbonyl (C=O) groups is 3. The van der Waals surface area contributed by atoms with E-state index in [2.05, 4.69) is 0 Å². The van der Waals surface area contributed by atoms with Crippen molar-refractivity contribution in [2.24, 2.45) is 34.0 Å². The van der Waals surface area contributed by atoms with E-state index in [4.69, 9.17) is 37.9 Å². The number of hydrogen-bond acceptors (Lipinski definition) is 15. The van der Waals surface area contributed by atoms with Crippen molar-refractivity contribution >= 4 is 37.3 Å². The summed E-state index contributed by atoms with van der Waals surface area (Å²) < 4.78 is 50.5. The number of benzene rings is 1. The van der Waals surface area contributed by atoms with E-state index in [-0.39, 0.29) is 45.0 Å². The van der Waals surface area contributed by atoms with E-state index >= 15 is 0 Å². The first-order valence-corrected chi connectivity index (χ1v) is 20.7. The first-order valence-electron chi connectivity index (χ1n) is 18.8. The Balaban J connectivity index is 1.20. The average molecular weight is 836 g/mol. The molecule has 1 spiro atoms. The van der Waals surface area contributed by atoms with Crippen LogP contribution in [0.15, 0.2) is 42.0 Å². The quantitative estimate of drug-likeness (QED) is 0.0895. The third-order valence-electron chi connectivity index (χ3n) is 15.2. The Kier molecular flexibility index (Phi) is 8.33. The van der Waals surface area contributed by atoms with Crippen molar-refractivity contribution in [3.8, 4) is 0 Å². The number of fused-ring (bicyclic) bond motifs is 7. The maximum absolute atomic E-state index is 14.0. The monoisotopic (exact) mass is 836 g/mol. The number of allylic oxidation sites excluding steroid dienone is 1. The first-order chi connectivity index (χ1) is 26.0. The summed E-state index contributed by atoms with van der Waals surface area (Å²) in [6, 6.07) is 9.90. The first kappa shape index (κ1) is 38.1. The second kappa shape index (κ2) is 12.0. The molecule has 5 heterocycles. The van der Waals surface area contributed by atoms with E-state index in [0.29, 0.717) is 6.42 Å². The second-order valence-corrected chi connectivity index (χ2v) is 19.6. The van der Waals surface area contributed by atoms with Gasteiger partial charge >= 0.3 is 273 Å². The standard InChI is InChI=1S/C39H48O15Se/c1-7-18(2)28(42)51-22-14-21(40)35(30(43)47-5)16-49-25-26(35)36(22)17-50-38(46,31(44)48-6)29(36)33(3,27(25)41)39-23-13-20(34(39,4)54-39)37(45)15-24(53-32(37)52-23)55-19-11-9-8-10-12-19/h7-12,20-27,29,32,40-41,45-46H,13-17H2,1-6H3/b18-7+/t20-,21-,22+,23+,24?,25-,26+,27-,29+,32-,33-,34+,35+,36+,37+,38+,39+/m1/s1. The SMILES string of the molecule is C/C=C(\C)C(=O)O[C@H]1C[C@@H](O)[C@@]2(C(=O)OC)CO[C@H]3[C@@H](O)[C@@](C)([C@]45O[C@@]4(C)[C@H]4C[C@@H]5O[C@@H]5OC([Se]c6ccccc6)C[C@@]54O)[C@H]4[C@]1(CO[C@]4(O)C(=O)OC)[C@@H]32. The number of rotatable bonds is 7. The molecule has 16 heteroatoms. The van der Waals surface area contributed by atoms with Gasteiger partial charge in [-0.3, -0.25) is 4.79 Å². The molecule has 3 saturated carbocycles. The fraction of sp³-hybridized carbons (Fsp3) is 0.718. The average Bonchev–Trinajstić information content (AvgIpc) is 3.50. The van der Waals surface area contributed by atoms with Gasteiger partial charge in [-0.15, -0.1) is 0 Å². The van der Waals surface area contributed by atoms with Gasteiger partial charge in [0, 0.05) is 5.57 Å². The van der Waals surface area contributed by atoms with Gasteiger partial charge in [0.05, 0.1) is 7.11 Å². The van der Waals surface area contributed by atoms with Crippen LogP contribution in [-0.4, -0.2) is 145 Å². The van der Waals surface area contributed by atoms with Crippen LogP contribution in [0.3, 0.4) is 0 Å². The second-order valence-electron chi connectivity index (χ2n) is 17.0. The number of epoxide rings is 1. The molecule has 0 amide bonds. The summed E-state index contributed by atoms with van der Waals surface area (Å²) in [6.45, 7) is 5.90. The van der Waals surface area contributed by atoms with Crippen molar-refractivity contribution in [2.45, 2.75) is 111 Å². The van der Waals surface area contributed by atoms with E-state index in [1.165, 1.54) is 7.11 Å². The number of ether oxygens (including phenoxy) is 8. The minimum absolute atomic E-state index is 0.139. The van der Waals surface area contributed by atoms with Crippen molar-refractivity contribution in [2.75, 3.05) is 27.4 Å². The van der Waals surface area contributed by atoms with Crippen LogP contribution in [0.1, 0.15) is 47.0 Å². The summed E-state index contributed by atoms with van der Waals surface area (Å²) in [5.74, 6) is -8.83. The molecule has 5 aliphatic heterocycles. The molecule has 4 N–H and O–H groups in total. The van der Waals surface area contributed by atoms with Crippen LogP contribution in [0.4, 0.5) is 0 Å². The zero-order valence-corrected chi connectivity index (χ0v) is 33.2. The normalized spacial score (nSPS) is 52.7. The van der Waals surface area contributed by atoms with E-state index < -0.39 is 118 Å². The van der Waals surface area contributed by atoms with Crippen LogP contribution >= 0.6 is 0 Å². The molecule has 8 fully saturated rings. The number of aliphatic hydroxyl groups excluding tert-OH is 2. The molecule has 1 aromatic rings. The van der Waals surface area contributed by atoms with E-state index in [1.807, 2.05) is 37.3 Å². The van der Waals surface area contributed by atoms with Crippen LogP contribution in [-0.2, 0) is 52.3 Å². The Morgan fingerprint density at radius 1 is 0.982 bits per heavy atom. The molecule has 9 rings (SSSR count). The van der Waals surface area contributed by atoms with E-state index in [0.717, 1.165) is 11.6 Å². The molecule has 55 heavy (non-hydrogen) atoms. The number of methoxy groups -OCH3 is 2. The Morgan fingerprint density at radius 2 is 1.69 bits per heavy atom. The molecule has 1 unspecified atom stereocenters. The molecule has 3 aliphatic carbocycles. The third kappa shape index (κ3) is 4.30. The van der Waals surface area contributed by atoms with Crippen LogP contribution in [0.25, 0.3) is 0 Å². The van der Waals surface area contributed by atoms with Crippen molar-refractivity contribution in [3.63, 3.8) is 0 Å². The van der Waals surface area contributed by atoms with Crippen molar-refractivity contribution in [3.05, 3.63) is 42.0 Å². The molecule has 0 aromatic heterocycles. The zero-order valence-electron chi connectivity index (χ0n) is 31.5. The van der Waals surface area contributed by atoms with Gasteiger partial charge < -0.3 is 9.84 Å². The molecule has 2 bridgehead atoms. The fourth-order valence-electron chi connectivity index (χ4n) is 12.9. The Hall–Kier alpha value is -2.47. The van der Waals surface area contributed by atoms with Crippen LogP contribution in [0.5, 0.6) is 0 Å². The fourth-order valence-corrected chi connectivity index (χ4v) is 15.3. The van der Waals surface area contributed by atoms with Gasteiger partial charge in [0.15, 0.2) is 0 Å². The molecule has 8 aliphatic rings. The van der Waals surface area contributed by atoms with Crippen molar-refractivity contribution < 1.29 is 72.7 Å². The number of carbonyl (C=O) groups excluding carboxylic acids is 3. The predicted octanol–water partition coefficient (Wildman–Crippen LogP) is -0.542.